The molecule has 0 saturated heterocycles. The Hall–Kier alpha value is -9.67. The highest BCUT2D eigenvalue weighted by Crippen LogP contribution is 2.54. The summed E-state index contributed by atoms with van der Waals surface area (Å²) in [5.74, 6) is 0. The zero-order valence-electron chi connectivity index (χ0n) is 46.5. The maximum Gasteiger partial charge on any atom is 0.104 e. The Morgan fingerprint density at radius 2 is 0.580 bits per heavy atom. The highest BCUT2D eigenvalue weighted by molar-refractivity contribution is 7.26. The molecule has 5 heterocycles. The molecule has 0 unspecified atom stereocenters. The van der Waals surface area contributed by atoms with Crippen molar-refractivity contribution in [2.75, 3.05) is 0 Å². The van der Waals surface area contributed by atoms with Crippen LogP contribution in [0.1, 0.15) is 50.1 Å². The van der Waals surface area contributed by atoms with Gasteiger partial charge in [0.2, 0.25) is 0 Å². The first kappa shape index (κ1) is 47.3. The van der Waals surface area contributed by atoms with Gasteiger partial charge in [0.25, 0.3) is 0 Å². The van der Waals surface area contributed by atoms with Crippen LogP contribution >= 0.6 is 11.3 Å². The summed E-state index contributed by atoms with van der Waals surface area (Å²) in [6.45, 7) is 17.5. The van der Waals surface area contributed by atoms with Crippen molar-refractivity contribution in [1.29, 1.82) is 5.26 Å². The Balaban J connectivity index is 1.30. The molecule has 0 amide bonds. The van der Waals surface area contributed by atoms with Crippen LogP contribution in [-0.4, -0.2) is 18.3 Å². The Morgan fingerprint density at radius 3 is 0.889 bits per heavy atom. The molecule has 0 bridgehead atoms. The minimum atomic E-state index is 0.564. The lowest BCUT2D eigenvalue weighted by Crippen LogP contribution is -2.16. The number of thiophene rings is 1. The third-order valence-electron chi connectivity index (χ3n) is 17.4. The molecule has 81 heavy (non-hydrogen) atoms. The lowest BCUT2D eigenvalue weighted by molar-refractivity contribution is 1.04. The van der Waals surface area contributed by atoms with Crippen LogP contribution in [0.15, 0.2) is 188 Å². The number of fused-ring (bicyclic) bond motifs is 15. The molecule has 6 heteroatoms. The summed E-state index contributed by atoms with van der Waals surface area (Å²) in [5, 5.41) is 24.8. The van der Waals surface area contributed by atoms with E-state index in [0.717, 1.165) is 99.6 Å². The largest absolute Gasteiger partial charge is 0.306 e. The van der Waals surface area contributed by atoms with E-state index in [9.17, 15) is 5.26 Å². The van der Waals surface area contributed by atoms with Gasteiger partial charge in [0.1, 0.15) is 11.6 Å². The van der Waals surface area contributed by atoms with Gasteiger partial charge >= 0.3 is 0 Å². The fourth-order valence-electron chi connectivity index (χ4n) is 13.9. The summed E-state index contributed by atoms with van der Waals surface area (Å²) in [6.07, 6.45) is 0. The van der Waals surface area contributed by atoms with Crippen LogP contribution in [0.2, 0.25) is 0 Å². The zero-order chi connectivity index (χ0) is 54.9. The van der Waals surface area contributed by atoms with Gasteiger partial charge in [-0.05, 0) is 170 Å². The lowest BCUT2D eigenvalue weighted by atomic mass is 9.91. The van der Waals surface area contributed by atoms with Gasteiger partial charge in [0, 0.05) is 68.8 Å². The minimum absolute atomic E-state index is 0.564. The van der Waals surface area contributed by atoms with Crippen LogP contribution in [0.4, 0.5) is 0 Å². The summed E-state index contributed by atoms with van der Waals surface area (Å²) in [5.41, 5.74) is 24.0. The van der Waals surface area contributed by atoms with Gasteiger partial charge < -0.3 is 18.3 Å². The average molecular weight is 1060 g/mol. The number of hydrogen-bond donors (Lipinski definition) is 0. The van der Waals surface area contributed by atoms with Gasteiger partial charge in [-0.2, -0.15) is 5.26 Å². The van der Waals surface area contributed by atoms with Crippen LogP contribution in [0.25, 0.3) is 141 Å². The fraction of sp³-hybridized carbons (Fsp3) is 0.107. The van der Waals surface area contributed by atoms with E-state index in [1.807, 2.05) is 11.3 Å². The molecule has 5 nitrogen and oxygen atoms in total. The SMILES string of the molecule is Cc1ccc2c(c1)c1cc(C)ccc1n2-c1c(C#N)c(-n2c3ccc(C)cc3c3cc(C)ccc32)c(-n2c3ccc(C)cc3c3cc(C)ccc32)c(-c2cccc3sc4ccccc4c23)c1-n1c2ccc(C)cc2c2cc(C)ccc21. The molecule has 0 atom stereocenters. The van der Waals surface area contributed by atoms with E-state index < -0.39 is 0 Å². The second-order valence-electron chi connectivity index (χ2n) is 23.0. The van der Waals surface area contributed by atoms with Crippen LogP contribution in [0.3, 0.4) is 0 Å². The van der Waals surface area contributed by atoms with Gasteiger partial charge in [-0.15, -0.1) is 11.3 Å². The average Bonchev–Trinajstić information content (AvgIpc) is 3.51. The first-order valence-electron chi connectivity index (χ1n) is 28.0. The predicted octanol–water partition coefficient (Wildman–Crippen LogP) is 20.4. The topological polar surface area (TPSA) is 43.5 Å². The molecule has 386 valence electrons. The molecule has 0 aliphatic carbocycles. The van der Waals surface area contributed by atoms with Crippen molar-refractivity contribution >= 4 is 119 Å². The van der Waals surface area contributed by atoms with Gasteiger partial charge in [-0.1, -0.05) is 123 Å². The third kappa shape index (κ3) is 6.70. The normalized spacial score (nSPS) is 12.2. The molecule has 0 aliphatic rings. The summed E-state index contributed by atoms with van der Waals surface area (Å²) < 4.78 is 12.4. The Labute approximate surface area is 473 Å². The van der Waals surface area contributed by atoms with E-state index in [-0.39, 0.29) is 0 Å². The van der Waals surface area contributed by atoms with Crippen molar-refractivity contribution in [2.24, 2.45) is 0 Å². The van der Waals surface area contributed by atoms with Crippen LogP contribution < -0.4 is 0 Å². The van der Waals surface area contributed by atoms with Crippen molar-refractivity contribution in [2.45, 2.75) is 55.4 Å². The van der Waals surface area contributed by atoms with E-state index in [1.54, 1.807) is 0 Å². The minimum Gasteiger partial charge on any atom is -0.306 e. The molecule has 0 spiro atoms. The predicted molar refractivity (Wildman–Crippen MR) is 345 cm³/mol. The number of rotatable bonds is 5. The highest BCUT2D eigenvalue weighted by atomic mass is 32.1. The van der Waals surface area contributed by atoms with E-state index >= 15 is 0 Å². The first-order valence-corrected chi connectivity index (χ1v) is 28.9. The molecule has 0 radical (unpaired) electrons. The van der Waals surface area contributed by atoms with Gasteiger partial charge in [-0.25, -0.2) is 0 Å². The molecule has 0 aliphatic heterocycles. The number of nitriles is 1. The van der Waals surface area contributed by atoms with Crippen molar-refractivity contribution in [1.82, 2.24) is 18.3 Å². The van der Waals surface area contributed by atoms with Crippen LogP contribution in [-0.2, 0) is 0 Å². The second kappa shape index (κ2) is 17.2. The molecule has 16 rings (SSSR count). The lowest BCUT2D eigenvalue weighted by Gasteiger charge is -2.29. The van der Waals surface area contributed by atoms with Crippen LogP contribution in [0, 0.1) is 66.7 Å². The Kier molecular flexibility index (Phi) is 10.0. The number of aromatic nitrogens is 4. The summed E-state index contributed by atoms with van der Waals surface area (Å²) in [4.78, 5) is 0. The van der Waals surface area contributed by atoms with Crippen molar-refractivity contribution < 1.29 is 0 Å². The number of hydrogen-bond acceptors (Lipinski definition) is 2. The smallest absolute Gasteiger partial charge is 0.104 e. The summed E-state index contributed by atoms with van der Waals surface area (Å²) >= 11 is 1.84. The zero-order valence-corrected chi connectivity index (χ0v) is 47.4. The van der Waals surface area contributed by atoms with E-state index in [4.69, 9.17) is 0 Å². The summed E-state index contributed by atoms with van der Waals surface area (Å²) in [6, 6.07) is 74.1. The quantitative estimate of drug-likeness (QED) is 0.169. The first-order chi connectivity index (χ1) is 39.4. The van der Waals surface area contributed by atoms with E-state index in [2.05, 4.69) is 268 Å². The molecule has 11 aromatic carbocycles. The molecule has 0 N–H and O–H groups in total. The fourth-order valence-corrected chi connectivity index (χ4v) is 15.0. The Morgan fingerprint density at radius 1 is 0.296 bits per heavy atom. The van der Waals surface area contributed by atoms with Crippen LogP contribution in [0.5, 0.6) is 0 Å². The molecule has 16 aromatic rings. The van der Waals surface area contributed by atoms with E-state index in [1.165, 1.54) is 86.2 Å². The second-order valence-corrected chi connectivity index (χ2v) is 24.1. The monoisotopic (exact) mass is 1060 g/mol. The van der Waals surface area contributed by atoms with Gasteiger partial charge in [0.05, 0.1) is 66.9 Å². The maximum atomic E-state index is 13.2. The number of nitrogens with zero attached hydrogens (tertiary/aromatic N) is 5. The molecule has 5 aromatic heterocycles. The standard InChI is InChI=1S/C75H55N5S/c1-41-16-24-60-51(32-41)52-33-42(2)17-25-61(52)77(60)72-59(40-76)73(78-62-26-18-43(3)34-53(62)54-35-44(4)19-27-63(54)78)75(80-66-30-22-47(7)38-57(66)58-39-48(8)23-31-67(58)80)71(50-13-11-15-69-70(50)49-12-9-10-14-68(49)81-69)74(72)79-64-28-20-45(5)36-55(64)56-37-46(6)21-29-65(56)79/h9-39H,1-8H3. The number of benzene rings is 11. The highest BCUT2D eigenvalue weighted by Gasteiger charge is 2.36. The molecular formula is C75H55N5S. The third-order valence-corrected chi connectivity index (χ3v) is 18.5. The van der Waals surface area contributed by atoms with Gasteiger partial charge in [-0.3, -0.25) is 0 Å². The van der Waals surface area contributed by atoms with E-state index in [0.29, 0.717) is 5.56 Å². The Bertz CT molecular complexity index is 5010. The maximum absolute atomic E-state index is 13.2. The molecule has 0 fully saturated rings. The molecule has 0 saturated carbocycles. The van der Waals surface area contributed by atoms with Gasteiger partial charge in [0.15, 0.2) is 0 Å². The van der Waals surface area contributed by atoms with Crippen molar-refractivity contribution in [3.8, 4) is 39.9 Å². The molecular weight excluding hydrogens is 1000 g/mol. The van der Waals surface area contributed by atoms with Crippen molar-refractivity contribution in [3.63, 3.8) is 0 Å². The summed E-state index contributed by atoms with van der Waals surface area (Å²) in [7, 11) is 0. The number of aryl methyl sites for hydroxylation is 8. The van der Waals surface area contributed by atoms with Crippen molar-refractivity contribution in [3.05, 3.63) is 238 Å².